The quantitative estimate of drug-likeness (QED) is 0.724. The molecule has 1 aromatic rings. The molecule has 0 atom stereocenters. The van der Waals surface area contributed by atoms with E-state index in [0.29, 0.717) is 12.1 Å². The van der Waals surface area contributed by atoms with Crippen LogP contribution < -0.4 is 11.2 Å². The summed E-state index contributed by atoms with van der Waals surface area (Å²) in [4.78, 5) is 24.6. The zero-order valence-corrected chi connectivity index (χ0v) is 8.46. The van der Waals surface area contributed by atoms with Crippen LogP contribution in [-0.4, -0.2) is 9.55 Å². The molecule has 0 spiro atoms. The van der Waals surface area contributed by atoms with Crippen LogP contribution in [0.15, 0.2) is 27.9 Å². The molecule has 0 radical (unpaired) electrons. The van der Waals surface area contributed by atoms with Crippen molar-refractivity contribution in [2.24, 2.45) is 0 Å². The van der Waals surface area contributed by atoms with Gasteiger partial charge in [0.25, 0.3) is 5.56 Å². The molecule has 0 aliphatic carbocycles. The molecule has 1 N–H and O–H groups in total. The standard InChI is InChI=1S/C10H14N2O2/c1-4-7(2)5-12-6-8(3)9(13)11-10(12)14/h6H,2,4-5H2,1,3H3,(H,11,13,14). The van der Waals surface area contributed by atoms with Gasteiger partial charge in [0.15, 0.2) is 0 Å². The number of aryl methyl sites for hydroxylation is 1. The molecule has 0 amide bonds. The third-order valence-electron chi connectivity index (χ3n) is 2.08. The molecule has 14 heavy (non-hydrogen) atoms. The Balaban J connectivity index is 3.11. The Labute approximate surface area is 81.9 Å². The van der Waals surface area contributed by atoms with Gasteiger partial charge >= 0.3 is 5.69 Å². The Bertz CT molecular complexity index is 454. The molecule has 0 fully saturated rings. The van der Waals surface area contributed by atoms with Crippen LogP contribution in [0.4, 0.5) is 0 Å². The third kappa shape index (κ3) is 2.22. The third-order valence-corrected chi connectivity index (χ3v) is 2.08. The van der Waals surface area contributed by atoms with Gasteiger partial charge in [-0.05, 0) is 13.3 Å². The summed E-state index contributed by atoms with van der Waals surface area (Å²) in [7, 11) is 0. The van der Waals surface area contributed by atoms with Crippen LogP contribution >= 0.6 is 0 Å². The molecule has 1 heterocycles. The molecule has 0 aliphatic rings. The highest BCUT2D eigenvalue weighted by molar-refractivity contribution is 5.03. The van der Waals surface area contributed by atoms with E-state index in [1.54, 1.807) is 13.1 Å². The maximum absolute atomic E-state index is 11.3. The second-order valence-corrected chi connectivity index (χ2v) is 3.30. The minimum Gasteiger partial charge on any atom is -0.296 e. The van der Waals surface area contributed by atoms with Crippen molar-refractivity contribution in [1.82, 2.24) is 9.55 Å². The number of allylic oxidation sites excluding steroid dienone is 1. The molecule has 0 saturated heterocycles. The van der Waals surface area contributed by atoms with Crippen LogP contribution in [0.1, 0.15) is 18.9 Å². The van der Waals surface area contributed by atoms with Crippen LogP contribution in [0.25, 0.3) is 0 Å². The summed E-state index contributed by atoms with van der Waals surface area (Å²) in [5, 5.41) is 0. The van der Waals surface area contributed by atoms with Gasteiger partial charge in [0.1, 0.15) is 0 Å². The van der Waals surface area contributed by atoms with Gasteiger partial charge < -0.3 is 0 Å². The summed E-state index contributed by atoms with van der Waals surface area (Å²) >= 11 is 0. The number of rotatable bonds is 3. The van der Waals surface area contributed by atoms with Crippen LogP contribution in [0.2, 0.25) is 0 Å². The number of aromatic amines is 1. The molecule has 4 nitrogen and oxygen atoms in total. The van der Waals surface area contributed by atoms with E-state index < -0.39 is 0 Å². The number of hydrogen-bond donors (Lipinski definition) is 1. The van der Waals surface area contributed by atoms with Crippen molar-refractivity contribution in [3.8, 4) is 0 Å². The highest BCUT2D eigenvalue weighted by Crippen LogP contribution is 1.98. The van der Waals surface area contributed by atoms with E-state index in [0.717, 1.165) is 12.0 Å². The molecule has 0 saturated carbocycles. The van der Waals surface area contributed by atoms with E-state index in [1.165, 1.54) is 4.57 Å². The second kappa shape index (κ2) is 4.09. The smallest absolute Gasteiger partial charge is 0.296 e. The summed E-state index contributed by atoms with van der Waals surface area (Å²) in [5.41, 5.74) is 0.788. The van der Waals surface area contributed by atoms with Crippen LogP contribution in [0.3, 0.4) is 0 Å². The van der Waals surface area contributed by atoms with Gasteiger partial charge in [0.2, 0.25) is 0 Å². The van der Waals surface area contributed by atoms with E-state index in [4.69, 9.17) is 0 Å². The first-order chi connectivity index (χ1) is 6.54. The Morgan fingerprint density at radius 1 is 1.57 bits per heavy atom. The summed E-state index contributed by atoms with van der Waals surface area (Å²) in [6.07, 6.45) is 2.38. The van der Waals surface area contributed by atoms with E-state index in [9.17, 15) is 9.59 Å². The normalized spacial score (nSPS) is 10.1. The van der Waals surface area contributed by atoms with Gasteiger partial charge in [0, 0.05) is 18.3 Å². The predicted octanol–water partition coefficient (Wildman–Crippen LogP) is 0.811. The lowest BCUT2D eigenvalue weighted by atomic mass is 10.2. The molecule has 76 valence electrons. The Morgan fingerprint density at radius 3 is 2.79 bits per heavy atom. The molecule has 0 unspecified atom stereocenters. The van der Waals surface area contributed by atoms with Crippen LogP contribution in [0.5, 0.6) is 0 Å². The number of aromatic nitrogens is 2. The number of nitrogens with one attached hydrogen (secondary N) is 1. The first-order valence-electron chi connectivity index (χ1n) is 4.51. The Kier molecular flexibility index (Phi) is 3.06. The van der Waals surface area contributed by atoms with E-state index in [-0.39, 0.29) is 11.2 Å². The van der Waals surface area contributed by atoms with Crippen molar-refractivity contribution in [2.45, 2.75) is 26.8 Å². The van der Waals surface area contributed by atoms with E-state index in [1.807, 2.05) is 6.92 Å². The molecule has 0 aromatic carbocycles. The summed E-state index contributed by atoms with van der Waals surface area (Å²) in [6, 6.07) is 0. The molecule has 0 aliphatic heterocycles. The lowest BCUT2D eigenvalue weighted by molar-refractivity contribution is 0.690. The van der Waals surface area contributed by atoms with Crippen LogP contribution in [-0.2, 0) is 6.54 Å². The number of hydrogen-bond acceptors (Lipinski definition) is 2. The summed E-state index contributed by atoms with van der Waals surface area (Å²) in [5.74, 6) is 0. The molecular formula is C10H14N2O2. The van der Waals surface area contributed by atoms with Crippen molar-refractivity contribution in [1.29, 1.82) is 0 Å². The SMILES string of the molecule is C=C(CC)Cn1cc(C)c(=O)[nH]c1=O. The fourth-order valence-electron chi connectivity index (χ4n) is 1.09. The number of nitrogens with zero attached hydrogens (tertiary/aromatic N) is 1. The average molecular weight is 194 g/mol. The van der Waals surface area contributed by atoms with Crippen molar-refractivity contribution in [3.63, 3.8) is 0 Å². The van der Waals surface area contributed by atoms with Gasteiger partial charge in [-0.1, -0.05) is 19.1 Å². The molecule has 4 heteroatoms. The lowest BCUT2D eigenvalue weighted by Crippen LogP contribution is -2.31. The van der Waals surface area contributed by atoms with E-state index in [2.05, 4.69) is 11.6 Å². The highest BCUT2D eigenvalue weighted by atomic mass is 16.2. The second-order valence-electron chi connectivity index (χ2n) is 3.30. The van der Waals surface area contributed by atoms with Crippen molar-refractivity contribution >= 4 is 0 Å². The largest absolute Gasteiger partial charge is 0.328 e. The minimum absolute atomic E-state index is 0.326. The lowest BCUT2D eigenvalue weighted by Gasteiger charge is -2.06. The zero-order chi connectivity index (χ0) is 10.7. The first kappa shape index (κ1) is 10.5. The first-order valence-corrected chi connectivity index (χ1v) is 4.51. The maximum atomic E-state index is 11.3. The maximum Gasteiger partial charge on any atom is 0.328 e. The van der Waals surface area contributed by atoms with Crippen LogP contribution in [0, 0.1) is 6.92 Å². The van der Waals surface area contributed by atoms with Gasteiger partial charge in [-0.25, -0.2) is 4.79 Å². The fraction of sp³-hybridized carbons (Fsp3) is 0.400. The molecule has 1 aromatic heterocycles. The number of H-pyrrole nitrogens is 1. The molecular weight excluding hydrogens is 180 g/mol. The summed E-state index contributed by atoms with van der Waals surface area (Å²) in [6.45, 7) is 7.92. The summed E-state index contributed by atoms with van der Waals surface area (Å²) < 4.78 is 1.46. The predicted molar refractivity (Wildman–Crippen MR) is 55.5 cm³/mol. The van der Waals surface area contributed by atoms with Crippen molar-refractivity contribution < 1.29 is 0 Å². The van der Waals surface area contributed by atoms with Crippen molar-refractivity contribution in [3.05, 3.63) is 44.8 Å². The molecule has 0 bridgehead atoms. The molecule has 1 rings (SSSR count). The van der Waals surface area contributed by atoms with Gasteiger partial charge in [-0.15, -0.1) is 0 Å². The Hall–Kier alpha value is -1.58. The van der Waals surface area contributed by atoms with E-state index >= 15 is 0 Å². The monoisotopic (exact) mass is 194 g/mol. The van der Waals surface area contributed by atoms with Gasteiger partial charge in [-0.2, -0.15) is 0 Å². The van der Waals surface area contributed by atoms with Gasteiger partial charge in [-0.3, -0.25) is 14.3 Å². The highest BCUT2D eigenvalue weighted by Gasteiger charge is 2.00. The topological polar surface area (TPSA) is 54.9 Å². The Morgan fingerprint density at radius 2 is 2.21 bits per heavy atom. The van der Waals surface area contributed by atoms with Crippen molar-refractivity contribution in [2.75, 3.05) is 0 Å². The average Bonchev–Trinajstić information content (AvgIpc) is 2.14. The fourth-order valence-corrected chi connectivity index (χ4v) is 1.09. The zero-order valence-electron chi connectivity index (χ0n) is 8.46. The minimum atomic E-state index is -0.379. The van der Waals surface area contributed by atoms with Gasteiger partial charge in [0.05, 0.1) is 0 Å².